The van der Waals surface area contributed by atoms with E-state index in [9.17, 15) is 31.1 Å². The molecule has 0 aromatic carbocycles. The molecule has 0 aliphatic carbocycles. The van der Waals surface area contributed by atoms with Gasteiger partial charge in [-0.1, -0.05) is 0 Å². The van der Waals surface area contributed by atoms with Gasteiger partial charge in [-0.05, 0) is 11.6 Å². The summed E-state index contributed by atoms with van der Waals surface area (Å²) in [5, 5.41) is 0. The number of nitrogens with zero attached hydrogens (tertiary/aromatic N) is 1. The predicted octanol–water partition coefficient (Wildman–Crippen LogP) is 2.17. The van der Waals surface area contributed by atoms with Gasteiger partial charge in [-0.3, -0.25) is 4.79 Å². The number of alkyl halides is 6. The highest BCUT2D eigenvalue weighted by molar-refractivity contribution is 5.73. The van der Waals surface area contributed by atoms with E-state index in [1.807, 2.05) is 0 Å². The summed E-state index contributed by atoms with van der Waals surface area (Å²) in [6.07, 6.45) is -11.5. The maximum absolute atomic E-state index is 13.0. The summed E-state index contributed by atoms with van der Waals surface area (Å²) in [6.45, 7) is -0.444. The Bertz CT molecular complexity index is 556. The van der Waals surface area contributed by atoms with Crippen molar-refractivity contribution in [3.8, 4) is 5.88 Å². The molecule has 0 atom stereocenters. The molecule has 0 aliphatic rings. The number of carbonyl (C=O) groups excluding carboxylic acids is 1. The van der Waals surface area contributed by atoms with E-state index in [-0.39, 0.29) is 5.69 Å². The molecule has 0 unspecified atom stereocenters. The Morgan fingerprint density at radius 3 is 2.27 bits per heavy atom. The Labute approximate surface area is 120 Å². The molecular formula is C11H10F6N2O3. The number of esters is 1. The van der Waals surface area contributed by atoms with E-state index in [2.05, 4.69) is 14.5 Å². The summed E-state index contributed by atoms with van der Waals surface area (Å²) < 4.78 is 83.3. The molecule has 124 valence electrons. The third-order valence-electron chi connectivity index (χ3n) is 2.39. The molecule has 0 radical (unpaired) electrons. The lowest BCUT2D eigenvalue weighted by atomic mass is 10.0. The molecule has 2 N–H and O–H groups in total. The van der Waals surface area contributed by atoms with Crippen LogP contribution in [0.25, 0.3) is 0 Å². The van der Waals surface area contributed by atoms with E-state index in [0.29, 0.717) is 0 Å². The lowest BCUT2D eigenvalue weighted by Crippen LogP contribution is -2.24. The molecule has 11 heteroatoms. The highest BCUT2D eigenvalue weighted by Crippen LogP contribution is 2.40. The number of methoxy groups -OCH3 is 1. The van der Waals surface area contributed by atoms with E-state index >= 15 is 0 Å². The fraction of sp³-hybridized carbons (Fsp3) is 0.455. The average molecular weight is 332 g/mol. The highest BCUT2D eigenvalue weighted by Gasteiger charge is 2.43. The lowest BCUT2D eigenvalue weighted by molar-refractivity contribution is -0.278. The maximum atomic E-state index is 13.0. The zero-order valence-electron chi connectivity index (χ0n) is 11.0. The Kier molecular flexibility index (Phi) is 5.22. The molecule has 1 aromatic rings. The van der Waals surface area contributed by atoms with Crippen molar-refractivity contribution in [2.45, 2.75) is 25.5 Å². The van der Waals surface area contributed by atoms with E-state index in [4.69, 9.17) is 5.73 Å². The molecule has 5 nitrogen and oxygen atoms in total. The summed E-state index contributed by atoms with van der Waals surface area (Å²) in [5.74, 6) is -2.78. The van der Waals surface area contributed by atoms with Gasteiger partial charge >= 0.3 is 18.5 Å². The van der Waals surface area contributed by atoms with E-state index < -0.39 is 48.5 Å². The first-order valence-corrected chi connectivity index (χ1v) is 5.60. The summed E-state index contributed by atoms with van der Waals surface area (Å²) >= 11 is 0. The monoisotopic (exact) mass is 332 g/mol. The standard InChI is InChI=1S/C11H10F6N2O3/c1-21-7(20)3-5-2-6(4-18)19-9(22-11(15,16)17)8(5)10(12,13)14/h2H,3-4,18H2,1H3. The van der Waals surface area contributed by atoms with Gasteiger partial charge in [-0.2, -0.15) is 13.2 Å². The van der Waals surface area contributed by atoms with Crippen molar-refractivity contribution >= 4 is 5.97 Å². The predicted molar refractivity (Wildman–Crippen MR) is 59.5 cm³/mol. The van der Waals surface area contributed by atoms with Crippen LogP contribution in [0.5, 0.6) is 5.88 Å². The fourth-order valence-electron chi connectivity index (χ4n) is 1.59. The average Bonchev–Trinajstić information content (AvgIpc) is 2.34. The molecule has 0 fully saturated rings. The second kappa shape index (κ2) is 6.38. The topological polar surface area (TPSA) is 74.4 Å². The van der Waals surface area contributed by atoms with Crippen LogP contribution >= 0.6 is 0 Å². The third-order valence-corrected chi connectivity index (χ3v) is 2.39. The molecule has 1 rings (SSSR count). The normalized spacial score (nSPS) is 12.2. The van der Waals surface area contributed by atoms with Crippen LogP contribution < -0.4 is 10.5 Å². The van der Waals surface area contributed by atoms with Gasteiger partial charge in [-0.15, -0.1) is 13.2 Å². The van der Waals surface area contributed by atoms with Crippen molar-refractivity contribution in [2.75, 3.05) is 7.11 Å². The van der Waals surface area contributed by atoms with Crippen molar-refractivity contribution in [1.82, 2.24) is 4.98 Å². The quantitative estimate of drug-likeness (QED) is 0.676. The first-order valence-electron chi connectivity index (χ1n) is 5.60. The largest absolute Gasteiger partial charge is 0.574 e. The summed E-state index contributed by atoms with van der Waals surface area (Å²) in [6, 6.07) is 0.781. The fourth-order valence-corrected chi connectivity index (χ4v) is 1.59. The molecule has 0 aliphatic heterocycles. The minimum Gasteiger partial charge on any atom is -0.469 e. The van der Waals surface area contributed by atoms with Gasteiger partial charge in [-0.25, -0.2) is 4.98 Å². The van der Waals surface area contributed by atoms with Crippen molar-refractivity contribution in [3.05, 3.63) is 22.9 Å². The molecule has 0 spiro atoms. The van der Waals surface area contributed by atoms with Gasteiger partial charge < -0.3 is 15.2 Å². The van der Waals surface area contributed by atoms with Crippen molar-refractivity contribution in [3.63, 3.8) is 0 Å². The highest BCUT2D eigenvalue weighted by atomic mass is 19.4. The van der Waals surface area contributed by atoms with Gasteiger partial charge in [0.1, 0.15) is 5.56 Å². The summed E-state index contributed by atoms with van der Waals surface area (Å²) in [7, 11) is 0.924. The number of nitrogens with two attached hydrogens (primary N) is 1. The van der Waals surface area contributed by atoms with Crippen LogP contribution in [0, 0.1) is 0 Å². The molecular weight excluding hydrogens is 322 g/mol. The van der Waals surface area contributed by atoms with Gasteiger partial charge in [0.05, 0.1) is 19.2 Å². The zero-order valence-corrected chi connectivity index (χ0v) is 11.0. The number of aromatic nitrogens is 1. The van der Waals surface area contributed by atoms with Crippen LogP contribution in [-0.2, 0) is 28.7 Å². The minimum absolute atomic E-state index is 0.300. The SMILES string of the molecule is COC(=O)Cc1cc(CN)nc(OC(F)(F)F)c1C(F)(F)F. The number of hydrogen-bond donors (Lipinski definition) is 1. The molecule has 1 aromatic heterocycles. The molecule has 0 amide bonds. The Morgan fingerprint density at radius 1 is 1.27 bits per heavy atom. The van der Waals surface area contributed by atoms with Crippen molar-refractivity contribution < 1.29 is 40.6 Å². The molecule has 0 saturated carbocycles. The number of ether oxygens (including phenoxy) is 2. The molecule has 1 heterocycles. The summed E-state index contributed by atoms with van der Waals surface area (Å²) in [4.78, 5) is 14.2. The van der Waals surface area contributed by atoms with Gasteiger partial charge in [0.2, 0.25) is 5.88 Å². The van der Waals surface area contributed by atoms with Gasteiger partial charge in [0.15, 0.2) is 0 Å². The second-order valence-electron chi connectivity index (χ2n) is 3.96. The van der Waals surface area contributed by atoms with Crippen LogP contribution in [0.15, 0.2) is 6.07 Å². The van der Waals surface area contributed by atoms with E-state index in [1.54, 1.807) is 0 Å². The van der Waals surface area contributed by atoms with Crippen LogP contribution in [0.4, 0.5) is 26.3 Å². The van der Waals surface area contributed by atoms with E-state index in [1.165, 1.54) is 0 Å². The second-order valence-corrected chi connectivity index (χ2v) is 3.96. The number of carbonyl (C=O) groups is 1. The Balaban J connectivity index is 3.51. The molecule has 0 saturated heterocycles. The first kappa shape index (κ1) is 18.0. The van der Waals surface area contributed by atoms with Gasteiger partial charge in [0, 0.05) is 6.54 Å². The number of hydrogen-bond acceptors (Lipinski definition) is 5. The minimum atomic E-state index is -5.39. The van der Waals surface area contributed by atoms with E-state index in [0.717, 1.165) is 13.2 Å². The van der Waals surface area contributed by atoms with Crippen LogP contribution in [-0.4, -0.2) is 24.4 Å². The smallest absolute Gasteiger partial charge is 0.469 e. The Morgan fingerprint density at radius 2 is 1.86 bits per heavy atom. The number of rotatable bonds is 4. The van der Waals surface area contributed by atoms with Crippen molar-refractivity contribution in [1.29, 1.82) is 0 Å². The number of pyridine rings is 1. The zero-order chi connectivity index (χ0) is 17.1. The van der Waals surface area contributed by atoms with Crippen molar-refractivity contribution in [2.24, 2.45) is 5.73 Å². The maximum Gasteiger partial charge on any atom is 0.574 e. The Hall–Kier alpha value is -2.04. The molecule has 0 bridgehead atoms. The lowest BCUT2D eigenvalue weighted by Gasteiger charge is -2.18. The third kappa shape index (κ3) is 4.76. The molecule has 22 heavy (non-hydrogen) atoms. The van der Waals surface area contributed by atoms with Crippen LogP contribution in [0.2, 0.25) is 0 Å². The van der Waals surface area contributed by atoms with Crippen LogP contribution in [0.1, 0.15) is 16.8 Å². The summed E-state index contributed by atoms with van der Waals surface area (Å²) in [5.41, 5.74) is 2.31. The first-order chi connectivity index (χ1) is 9.97. The van der Waals surface area contributed by atoms with Crippen LogP contribution in [0.3, 0.4) is 0 Å². The number of halogens is 6. The van der Waals surface area contributed by atoms with Gasteiger partial charge in [0.25, 0.3) is 0 Å².